The maximum Gasteiger partial charge on any atom is 0.245 e. The van der Waals surface area contributed by atoms with Gasteiger partial charge in [-0.15, -0.1) is 0 Å². The number of hydrogen-bond acceptors (Lipinski definition) is 4. The van der Waals surface area contributed by atoms with Crippen molar-refractivity contribution >= 4 is 11.6 Å². The molecule has 4 rings (SSSR count). The molecular weight excluding hydrogens is 283 g/mol. The smallest absolute Gasteiger partial charge is 0.245 e. The minimum Gasteiger partial charge on any atom is -0.316 e. The first kappa shape index (κ1) is 14.1. The third-order valence-electron chi connectivity index (χ3n) is 5.07. The highest BCUT2D eigenvalue weighted by Gasteiger charge is 2.43. The average molecular weight is 304 g/mol. The van der Waals surface area contributed by atoms with Gasteiger partial charge in [0, 0.05) is 30.7 Å². The lowest BCUT2D eigenvalue weighted by Crippen LogP contribution is -2.52. The Morgan fingerprint density at radius 3 is 3.14 bits per heavy atom. The number of carbonyl (C=O) groups excluding carboxylic acids is 1. The van der Waals surface area contributed by atoms with E-state index in [1.54, 1.807) is 12.1 Å². The third-order valence-corrected chi connectivity index (χ3v) is 5.07. The number of carbonyl (C=O) groups is 1. The SMILES string of the molecule is O=C(C1NNC2CCNCC21)N1CCCc2cc(F)ccc21. The summed E-state index contributed by atoms with van der Waals surface area (Å²) in [5.74, 6) is 0.133. The molecule has 1 amide bonds. The number of nitrogens with zero attached hydrogens (tertiary/aromatic N) is 1. The fraction of sp³-hybridized carbons (Fsp3) is 0.562. The minimum atomic E-state index is -0.231. The second-order valence-corrected chi connectivity index (χ2v) is 6.40. The highest BCUT2D eigenvalue weighted by Crippen LogP contribution is 2.30. The predicted octanol–water partition coefficient (Wildman–Crippen LogP) is 0.559. The Hall–Kier alpha value is -1.50. The van der Waals surface area contributed by atoms with Gasteiger partial charge in [-0.05, 0) is 49.6 Å². The monoisotopic (exact) mass is 304 g/mol. The van der Waals surface area contributed by atoms with Crippen molar-refractivity contribution in [3.05, 3.63) is 29.6 Å². The molecular formula is C16H21FN4O. The highest BCUT2D eigenvalue weighted by molar-refractivity contribution is 5.98. The number of hydrazine groups is 1. The molecule has 3 heterocycles. The van der Waals surface area contributed by atoms with Crippen LogP contribution in [0, 0.1) is 11.7 Å². The Kier molecular flexibility index (Phi) is 3.60. The quantitative estimate of drug-likeness (QED) is 0.710. The number of halogens is 1. The van der Waals surface area contributed by atoms with E-state index in [0.29, 0.717) is 12.6 Å². The lowest BCUT2D eigenvalue weighted by atomic mass is 9.88. The van der Waals surface area contributed by atoms with Gasteiger partial charge >= 0.3 is 0 Å². The number of benzene rings is 1. The van der Waals surface area contributed by atoms with Crippen molar-refractivity contribution in [3.8, 4) is 0 Å². The summed E-state index contributed by atoms with van der Waals surface area (Å²) >= 11 is 0. The van der Waals surface area contributed by atoms with E-state index in [1.807, 2.05) is 4.90 Å². The maximum absolute atomic E-state index is 13.4. The van der Waals surface area contributed by atoms with Crippen LogP contribution in [0.5, 0.6) is 0 Å². The molecule has 22 heavy (non-hydrogen) atoms. The molecule has 0 saturated carbocycles. The Bertz CT molecular complexity index is 594. The van der Waals surface area contributed by atoms with E-state index >= 15 is 0 Å². The van der Waals surface area contributed by atoms with Crippen LogP contribution < -0.4 is 21.1 Å². The van der Waals surface area contributed by atoms with E-state index in [1.165, 1.54) is 6.07 Å². The molecule has 1 aromatic carbocycles. The number of nitrogens with one attached hydrogen (secondary N) is 3. The molecule has 3 N–H and O–H groups in total. The van der Waals surface area contributed by atoms with Gasteiger partial charge in [0.2, 0.25) is 5.91 Å². The summed E-state index contributed by atoms with van der Waals surface area (Å²) in [5, 5.41) is 3.37. The van der Waals surface area contributed by atoms with Crippen LogP contribution in [0.1, 0.15) is 18.4 Å². The molecule has 3 unspecified atom stereocenters. The van der Waals surface area contributed by atoms with Gasteiger partial charge in [-0.3, -0.25) is 10.2 Å². The van der Waals surface area contributed by atoms with Crippen LogP contribution in [0.3, 0.4) is 0 Å². The van der Waals surface area contributed by atoms with Crippen molar-refractivity contribution in [1.82, 2.24) is 16.2 Å². The Balaban J connectivity index is 1.59. The summed E-state index contributed by atoms with van der Waals surface area (Å²) in [6, 6.07) is 4.87. The van der Waals surface area contributed by atoms with Crippen molar-refractivity contribution in [1.29, 1.82) is 0 Å². The van der Waals surface area contributed by atoms with Crippen molar-refractivity contribution < 1.29 is 9.18 Å². The van der Waals surface area contributed by atoms with Gasteiger partial charge in [0.05, 0.1) is 0 Å². The third kappa shape index (κ3) is 2.31. The van der Waals surface area contributed by atoms with Crippen LogP contribution in [0.15, 0.2) is 18.2 Å². The van der Waals surface area contributed by atoms with E-state index in [2.05, 4.69) is 16.2 Å². The summed E-state index contributed by atoms with van der Waals surface area (Å²) in [7, 11) is 0. The maximum atomic E-state index is 13.4. The van der Waals surface area contributed by atoms with E-state index in [-0.39, 0.29) is 23.7 Å². The summed E-state index contributed by atoms with van der Waals surface area (Å²) in [6.07, 6.45) is 2.75. The van der Waals surface area contributed by atoms with Crippen molar-refractivity contribution in [2.45, 2.75) is 31.3 Å². The Morgan fingerprint density at radius 1 is 1.32 bits per heavy atom. The standard InChI is InChI=1S/C16H21FN4O/c17-11-3-4-14-10(8-11)2-1-7-21(14)16(22)15-12-9-18-6-5-13(12)19-20-15/h3-4,8,12-13,15,18-20H,1-2,5-7,9H2. The molecule has 0 aliphatic carbocycles. The number of anilines is 1. The van der Waals surface area contributed by atoms with Crippen LogP contribution in [0.2, 0.25) is 0 Å². The first-order valence-corrected chi connectivity index (χ1v) is 8.05. The lowest BCUT2D eigenvalue weighted by Gasteiger charge is -2.34. The summed E-state index contributed by atoms with van der Waals surface area (Å²) in [5.41, 5.74) is 8.25. The first-order chi connectivity index (χ1) is 10.7. The predicted molar refractivity (Wildman–Crippen MR) is 81.9 cm³/mol. The zero-order valence-corrected chi connectivity index (χ0v) is 12.4. The lowest BCUT2D eigenvalue weighted by molar-refractivity contribution is -0.121. The van der Waals surface area contributed by atoms with Crippen molar-refractivity contribution in [2.24, 2.45) is 5.92 Å². The van der Waals surface area contributed by atoms with E-state index in [0.717, 1.165) is 43.6 Å². The van der Waals surface area contributed by atoms with E-state index in [4.69, 9.17) is 0 Å². The van der Waals surface area contributed by atoms with Crippen molar-refractivity contribution in [2.75, 3.05) is 24.5 Å². The van der Waals surface area contributed by atoms with Gasteiger partial charge in [0.1, 0.15) is 11.9 Å². The number of piperidine rings is 1. The normalized spacial score (nSPS) is 30.8. The second kappa shape index (κ2) is 5.61. The molecule has 3 aliphatic rings. The zero-order valence-electron chi connectivity index (χ0n) is 12.4. The van der Waals surface area contributed by atoms with E-state index in [9.17, 15) is 9.18 Å². The van der Waals surface area contributed by atoms with Gasteiger partial charge in [-0.2, -0.15) is 0 Å². The van der Waals surface area contributed by atoms with Gasteiger partial charge in [-0.25, -0.2) is 9.82 Å². The van der Waals surface area contributed by atoms with Gasteiger partial charge in [0.25, 0.3) is 0 Å². The number of fused-ring (bicyclic) bond motifs is 2. The molecule has 0 spiro atoms. The highest BCUT2D eigenvalue weighted by atomic mass is 19.1. The van der Waals surface area contributed by atoms with Crippen LogP contribution in [0.25, 0.3) is 0 Å². The van der Waals surface area contributed by atoms with Gasteiger partial charge in [0.15, 0.2) is 0 Å². The minimum absolute atomic E-state index is 0.0938. The zero-order chi connectivity index (χ0) is 15.1. The fourth-order valence-corrected chi connectivity index (χ4v) is 3.92. The molecule has 2 fully saturated rings. The molecule has 3 aliphatic heterocycles. The molecule has 5 nitrogen and oxygen atoms in total. The molecule has 1 aromatic rings. The van der Waals surface area contributed by atoms with Crippen LogP contribution in [0.4, 0.5) is 10.1 Å². The average Bonchev–Trinajstić information content (AvgIpc) is 2.97. The van der Waals surface area contributed by atoms with Crippen LogP contribution in [-0.4, -0.2) is 37.6 Å². The Morgan fingerprint density at radius 2 is 2.23 bits per heavy atom. The molecule has 0 bridgehead atoms. The number of amides is 1. The molecule has 0 radical (unpaired) electrons. The topological polar surface area (TPSA) is 56.4 Å². The van der Waals surface area contributed by atoms with Crippen molar-refractivity contribution in [3.63, 3.8) is 0 Å². The number of rotatable bonds is 1. The number of aryl methyl sites for hydroxylation is 1. The summed E-state index contributed by atoms with van der Waals surface area (Å²) in [4.78, 5) is 14.8. The molecule has 2 saturated heterocycles. The van der Waals surface area contributed by atoms with Gasteiger partial charge < -0.3 is 10.2 Å². The first-order valence-electron chi connectivity index (χ1n) is 8.05. The van der Waals surface area contributed by atoms with Crippen LogP contribution in [-0.2, 0) is 11.2 Å². The van der Waals surface area contributed by atoms with E-state index < -0.39 is 0 Å². The summed E-state index contributed by atoms with van der Waals surface area (Å²) < 4.78 is 13.4. The molecule has 3 atom stereocenters. The Labute approximate surface area is 129 Å². The fourth-order valence-electron chi connectivity index (χ4n) is 3.92. The molecule has 6 heteroatoms. The number of hydrogen-bond donors (Lipinski definition) is 3. The molecule has 118 valence electrons. The second-order valence-electron chi connectivity index (χ2n) is 6.40. The van der Waals surface area contributed by atoms with Crippen LogP contribution >= 0.6 is 0 Å². The van der Waals surface area contributed by atoms with Gasteiger partial charge in [-0.1, -0.05) is 0 Å². The summed E-state index contributed by atoms with van der Waals surface area (Å²) in [6.45, 7) is 2.55. The molecule has 0 aromatic heterocycles. The largest absolute Gasteiger partial charge is 0.316 e.